The fourth-order valence-corrected chi connectivity index (χ4v) is 9.50. The number of carbonyl (C=O) groups excluding carboxylic acids is 3. The van der Waals surface area contributed by atoms with Crippen LogP contribution in [0.2, 0.25) is 0 Å². The molecule has 0 aromatic carbocycles. The first-order chi connectivity index (χ1) is 39.5. The van der Waals surface area contributed by atoms with Gasteiger partial charge in [-0.3, -0.25) is 14.4 Å². The summed E-state index contributed by atoms with van der Waals surface area (Å²) in [6.07, 6.45) is 92.7. The van der Waals surface area contributed by atoms with Gasteiger partial charge in [0.1, 0.15) is 13.2 Å². The highest BCUT2D eigenvalue weighted by Gasteiger charge is 2.19. The van der Waals surface area contributed by atoms with Crippen LogP contribution in [0.15, 0.2) is 109 Å². The first kappa shape index (κ1) is 76.1. The van der Waals surface area contributed by atoms with Gasteiger partial charge in [-0.05, 0) is 89.9 Å². The predicted octanol–water partition coefficient (Wildman–Crippen LogP) is 23.4. The zero-order valence-corrected chi connectivity index (χ0v) is 52.6. The quantitative estimate of drug-likeness (QED) is 0.0261. The Kier molecular flexibility index (Phi) is 64.3. The van der Waals surface area contributed by atoms with Gasteiger partial charge in [-0.25, -0.2) is 0 Å². The number of hydrogen-bond donors (Lipinski definition) is 0. The molecule has 0 bridgehead atoms. The van der Waals surface area contributed by atoms with Gasteiger partial charge in [0.05, 0.1) is 0 Å². The van der Waals surface area contributed by atoms with E-state index in [9.17, 15) is 14.4 Å². The Balaban J connectivity index is 4.16. The molecule has 1 unspecified atom stereocenters. The molecule has 6 heteroatoms. The standard InChI is InChI=1S/C74H126O6/c1-4-7-10-13-16-19-21-23-25-27-29-30-31-32-33-34-35-36-37-38-39-40-41-42-43-44-46-47-49-51-53-55-58-61-64-67-73(76)79-70-71(69-78-72(75)66-63-60-57-18-15-12-9-6-3)80-74(77)68-65-62-59-56-54-52-50-48-45-28-26-24-22-20-17-14-11-8-5-2/h7,10,16,19,23,25,29-30,32-33,35-36,38-39,41-42,44,46,71H,4-6,8-9,11-15,17-18,20-22,24,26-28,31,34,37,40,43,45,47-70H2,1-3H3/b10-7-,19-16-,25-23-,30-29-,33-32-,36-35-,39-38-,42-41-,46-44-. The Morgan fingerprint density at radius 1 is 0.263 bits per heavy atom. The molecule has 0 fully saturated rings. The van der Waals surface area contributed by atoms with Crippen molar-refractivity contribution in [1.29, 1.82) is 0 Å². The van der Waals surface area contributed by atoms with Gasteiger partial charge in [0, 0.05) is 19.3 Å². The smallest absolute Gasteiger partial charge is 0.306 e. The number of hydrogen-bond acceptors (Lipinski definition) is 6. The highest BCUT2D eigenvalue weighted by Crippen LogP contribution is 2.17. The second kappa shape index (κ2) is 67.6. The molecule has 1 atom stereocenters. The zero-order chi connectivity index (χ0) is 57.8. The number of esters is 3. The molecule has 6 nitrogen and oxygen atoms in total. The molecule has 0 aliphatic rings. The molecule has 0 rings (SSSR count). The molecular formula is C74H126O6. The molecule has 458 valence electrons. The summed E-state index contributed by atoms with van der Waals surface area (Å²) in [6.45, 7) is 6.52. The fraction of sp³-hybridized carbons (Fsp3) is 0.716. The summed E-state index contributed by atoms with van der Waals surface area (Å²) in [5, 5.41) is 0. The minimum atomic E-state index is -0.779. The summed E-state index contributed by atoms with van der Waals surface area (Å²) in [5.41, 5.74) is 0. The van der Waals surface area contributed by atoms with Crippen molar-refractivity contribution in [2.24, 2.45) is 0 Å². The van der Waals surface area contributed by atoms with Crippen molar-refractivity contribution in [2.75, 3.05) is 13.2 Å². The predicted molar refractivity (Wildman–Crippen MR) is 348 cm³/mol. The van der Waals surface area contributed by atoms with E-state index in [0.717, 1.165) is 122 Å². The average Bonchev–Trinajstić information content (AvgIpc) is 3.46. The summed E-state index contributed by atoms with van der Waals surface area (Å²) in [4.78, 5) is 38.2. The molecular weight excluding hydrogens is 985 g/mol. The zero-order valence-electron chi connectivity index (χ0n) is 52.6. The number of ether oxygens (including phenoxy) is 3. The van der Waals surface area contributed by atoms with Crippen LogP contribution in [0.4, 0.5) is 0 Å². The lowest BCUT2D eigenvalue weighted by Crippen LogP contribution is -2.30. The molecule has 0 N–H and O–H groups in total. The molecule has 0 saturated heterocycles. The van der Waals surface area contributed by atoms with E-state index in [0.29, 0.717) is 19.3 Å². The van der Waals surface area contributed by atoms with E-state index in [1.807, 2.05) is 0 Å². The Morgan fingerprint density at radius 2 is 0.487 bits per heavy atom. The Hall–Kier alpha value is -3.93. The average molecular weight is 1110 g/mol. The summed E-state index contributed by atoms with van der Waals surface area (Å²) in [5.74, 6) is -0.881. The summed E-state index contributed by atoms with van der Waals surface area (Å²) >= 11 is 0. The molecule has 0 amide bonds. The lowest BCUT2D eigenvalue weighted by molar-refractivity contribution is -0.167. The Morgan fingerprint density at radius 3 is 0.762 bits per heavy atom. The Labute approximate surface area is 495 Å². The lowest BCUT2D eigenvalue weighted by Gasteiger charge is -2.18. The van der Waals surface area contributed by atoms with Crippen molar-refractivity contribution in [3.05, 3.63) is 109 Å². The molecule has 0 saturated carbocycles. The molecule has 0 aromatic heterocycles. The lowest BCUT2D eigenvalue weighted by atomic mass is 10.0. The topological polar surface area (TPSA) is 78.9 Å². The summed E-state index contributed by atoms with van der Waals surface area (Å²) in [6, 6.07) is 0. The Bertz CT molecular complexity index is 1610. The third-order valence-electron chi connectivity index (χ3n) is 14.5. The van der Waals surface area contributed by atoms with Crippen molar-refractivity contribution in [3.63, 3.8) is 0 Å². The van der Waals surface area contributed by atoms with Crippen molar-refractivity contribution in [1.82, 2.24) is 0 Å². The van der Waals surface area contributed by atoms with E-state index in [4.69, 9.17) is 14.2 Å². The number of carbonyl (C=O) groups is 3. The van der Waals surface area contributed by atoms with Crippen LogP contribution in [-0.2, 0) is 28.6 Å². The molecule has 0 spiro atoms. The van der Waals surface area contributed by atoms with Crippen molar-refractivity contribution in [2.45, 2.75) is 329 Å². The molecule has 0 radical (unpaired) electrons. The number of unbranched alkanes of at least 4 members (excludes halogenated alkanes) is 32. The summed E-state index contributed by atoms with van der Waals surface area (Å²) in [7, 11) is 0. The maximum absolute atomic E-state index is 12.9. The monoisotopic (exact) mass is 1110 g/mol. The summed E-state index contributed by atoms with van der Waals surface area (Å²) < 4.78 is 16.9. The van der Waals surface area contributed by atoms with E-state index in [1.165, 1.54) is 161 Å². The highest BCUT2D eigenvalue weighted by molar-refractivity contribution is 5.71. The normalized spacial score (nSPS) is 12.8. The molecule has 0 aromatic rings. The van der Waals surface area contributed by atoms with Gasteiger partial charge in [0.2, 0.25) is 0 Å². The van der Waals surface area contributed by atoms with Gasteiger partial charge in [-0.1, -0.05) is 323 Å². The van der Waals surface area contributed by atoms with E-state index >= 15 is 0 Å². The number of rotatable bonds is 61. The van der Waals surface area contributed by atoms with E-state index in [1.54, 1.807) is 0 Å². The van der Waals surface area contributed by atoms with Crippen LogP contribution in [0.5, 0.6) is 0 Å². The maximum atomic E-state index is 12.9. The van der Waals surface area contributed by atoms with Gasteiger partial charge in [0.15, 0.2) is 6.10 Å². The van der Waals surface area contributed by atoms with Crippen LogP contribution < -0.4 is 0 Å². The van der Waals surface area contributed by atoms with Crippen molar-refractivity contribution in [3.8, 4) is 0 Å². The highest BCUT2D eigenvalue weighted by atomic mass is 16.6. The minimum absolute atomic E-state index is 0.0773. The van der Waals surface area contributed by atoms with Crippen LogP contribution in [-0.4, -0.2) is 37.2 Å². The van der Waals surface area contributed by atoms with Gasteiger partial charge < -0.3 is 14.2 Å². The third kappa shape index (κ3) is 64.9. The fourth-order valence-electron chi connectivity index (χ4n) is 9.50. The third-order valence-corrected chi connectivity index (χ3v) is 14.5. The van der Waals surface area contributed by atoms with E-state index < -0.39 is 6.10 Å². The van der Waals surface area contributed by atoms with Crippen molar-refractivity contribution < 1.29 is 28.6 Å². The van der Waals surface area contributed by atoms with E-state index in [-0.39, 0.29) is 31.1 Å². The van der Waals surface area contributed by atoms with Crippen LogP contribution in [0.3, 0.4) is 0 Å². The first-order valence-electron chi connectivity index (χ1n) is 33.9. The second-order valence-electron chi connectivity index (χ2n) is 22.4. The number of allylic oxidation sites excluding steroid dienone is 18. The second-order valence-corrected chi connectivity index (χ2v) is 22.4. The van der Waals surface area contributed by atoms with Crippen LogP contribution in [0.1, 0.15) is 323 Å². The van der Waals surface area contributed by atoms with E-state index in [2.05, 4.69) is 130 Å². The molecule has 0 aliphatic heterocycles. The molecule has 80 heavy (non-hydrogen) atoms. The van der Waals surface area contributed by atoms with Crippen LogP contribution in [0.25, 0.3) is 0 Å². The first-order valence-corrected chi connectivity index (χ1v) is 33.9. The van der Waals surface area contributed by atoms with Crippen LogP contribution >= 0.6 is 0 Å². The minimum Gasteiger partial charge on any atom is -0.462 e. The van der Waals surface area contributed by atoms with Gasteiger partial charge in [-0.2, -0.15) is 0 Å². The largest absolute Gasteiger partial charge is 0.462 e. The molecule has 0 heterocycles. The van der Waals surface area contributed by atoms with Gasteiger partial charge >= 0.3 is 17.9 Å². The SMILES string of the molecule is CC/C=C\C/C=C\C/C=C\C/C=C\C/C=C\C/C=C\C/C=C\C/C=C\C/C=C\CCCCCCCCCC(=O)OCC(COC(=O)CCCCCCCCCC)OC(=O)CCCCCCCCCCCCCCCCCCCCC. The van der Waals surface area contributed by atoms with Gasteiger partial charge in [0.25, 0.3) is 0 Å². The van der Waals surface area contributed by atoms with Crippen molar-refractivity contribution >= 4 is 17.9 Å². The van der Waals surface area contributed by atoms with Crippen LogP contribution in [0, 0.1) is 0 Å². The maximum Gasteiger partial charge on any atom is 0.306 e. The van der Waals surface area contributed by atoms with Gasteiger partial charge in [-0.15, -0.1) is 0 Å². The molecule has 0 aliphatic carbocycles.